The molecule has 2 N–H and O–H groups in total. The van der Waals surface area contributed by atoms with E-state index < -0.39 is 0 Å². The minimum atomic E-state index is 0. The van der Waals surface area contributed by atoms with Crippen LogP contribution in [0.15, 0.2) is 23.3 Å². The fraction of sp³-hybridized carbons (Fsp3) is 0.739. The molecule has 1 aromatic rings. The summed E-state index contributed by atoms with van der Waals surface area (Å²) < 4.78 is 12.0. The monoisotopic (exact) mass is 528 g/mol. The lowest BCUT2D eigenvalue weighted by Crippen LogP contribution is -2.67. The summed E-state index contributed by atoms with van der Waals surface area (Å²) in [6, 6.07) is 4.47. The highest BCUT2D eigenvalue weighted by Gasteiger charge is 2.59. The van der Waals surface area contributed by atoms with E-state index in [1.54, 1.807) is 0 Å². The van der Waals surface area contributed by atoms with Gasteiger partial charge in [-0.25, -0.2) is 4.98 Å². The highest BCUT2D eigenvalue weighted by molar-refractivity contribution is 14.0. The van der Waals surface area contributed by atoms with Gasteiger partial charge in [-0.05, 0) is 49.7 Å². The van der Waals surface area contributed by atoms with Gasteiger partial charge in [-0.1, -0.05) is 20.8 Å². The lowest BCUT2D eigenvalue weighted by molar-refractivity contribution is -0.106. The van der Waals surface area contributed by atoms with E-state index in [1.807, 2.05) is 25.4 Å². The Kier molecular flexibility index (Phi) is 7.87. The second kappa shape index (κ2) is 10.0. The number of rotatable bonds is 5. The van der Waals surface area contributed by atoms with Gasteiger partial charge in [-0.3, -0.25) is 4.99 Å². The number of pyridine rings is 1. The Balaban J connectivity index is 0.00000256. The molecular formula is C23H37IN4O2. The molecule has 6 nitrogen and oxygen atoms in total. The summed E-state index contributed by atoms with van der Waals surface area (Å²) in [4.78, 5) is 8.85. The van der Waals surface area contributed by atoms with E-state index in [4.69, 9.17) is 9.47 Å². The second-order valence-electron chi connectivity index (χ2n) is 9.62. The third kappa shape index (κ3) is 5.03. The van der Waals surface area contributed by atoms with Gasteiger partial charge in [0.1, 0.15) is 6.10 Å². The molecule has 3 atom stereocenters. The van der Waals surface area contributed by atoms with Gasteiger partial charge in [-0.15, -0.1) is 24.0 Å². The molecule has 168 valence electrons. The number of aliphatic imine (C=N–C) groups is 1. The summed E-state index contributed by atoms with van der Waals surface area (Å²) in [5, 5.41) is 7.09. The zero-order chi connectivity index (χ0) is 20.4. The van der Waals surface area contributed by atoms with E-state index in [2.05, 4.69) is 41.4 Å². The number of guanidine groups is 1. The maximum atomic E-state index is 6.14. The van der Waals surface area contributed by atoms with Crippen LogP contribution < -0.4 is 15.4 Å². The first-order chi connectivity index (χ1) is 14.0. The number of aromatic nitrogens is 1. The van der Waals surface area contributed by atoms with Gasteiger partial charge in [0.15, 0.2) is 5.96 Å². The van der Waals surface area contributed by atoms with Crippen LogP contribution in [0.1, 0.15) is 58.4 Å². The fourth-order valence-corrected chi connectivity index (χ4v) is 5.29. The third-order valence-corrected chi connectivity index (χ3v) is 7.13. The van der Waals surface area contributed by atoms with Gasteiger partial charge in [0.05, 0.1) is 6.10 Å². The smallest absolute Gasteiger partial charge is 0.213 e. The summed E-state index contributed by atoms with van der Waals surface area (Å²) in [6.07, 6.45) is 8.41. The molecule has 0 aromatic carbocycles. The second-order valence-corrected chi connectivity index (χ2v) is 9.62. The van der Waals surface area contributed by atoms with Crippen molar-refractivity contribution in [3.8, 4) is 5.88 Å². The number of ether oxygens (including phenoxy) is 2. The molecule has 2 saturated carbocycles. The van der Waals surface area contributed by atoms with Gasteiger partial charge < -0.3 is 20.1 Å². The Bertz CT molecular complexity index is 734. The van der Waals surface area contributed by atoms with Crippen molar-refractivity contribution in [3.05, 3.63) is 23.9 Å². The predicted molar refractivity (Wildman–Crippen MR) is 130 cm³/mol. The Morgan fingerprint density at radius 1 is 1.27 bits per heavy atom. The molecule has 1 aromatic heterocycles. The van der Waals surface area contributed by atoms with Crippen LogP contribution in [0, 0.1) is 17.3 Å². The summed E-state index contributed by atoms with van der Waals surface area (Å²) in [5.74, 6) is 2.99. The van der Waals surface area contributed by atoms with Gasteiger partial charge in [0, 0.05) is 49.8 Å². The molecule has 1 saturated heterocycles. The number of fused-ring (bicyclic) bond motifs is 1. The average Bonchev–Trinajstić information content (AvgIpc) is 3.17. The lowest BCUT2D eigenvalue weighted by atomic mass is 9.57. The summed E-state index contributed by atoms with van der Waals surface area (Å²) >= 11 is 0. The van der Waals surface area contributed by atoms with Crippen LogP contribution in [0.3, 0.4) is 0 Å². The maximum absolute atomic E-state index is 6.14. The molecule has 0 radical (unpaired) electrons. The molecule has 3 unspecified atom stereocenters. The van der Waals surface area contributed by atoms with Crippen LogP contribution in [-0.2, 0) is 11.3 Å². The molecule has 0 bridgehead atoms. The van der Waals surface area contributed by atoms with E-state index >= 15 is 0 Å². The van der Waals surface area contributed by atoms with Crippen LogP contribution in [-0.4, -0.2) is 42.8 Å². The van der Waals surface area contributed by atoms with Crippen molar-refractivity contribution in [3.63, 3.8) is 0 Å². The number of nitrogens with one attached hydrogen (secondary N) is 2. The Morgan fingerprint density at radius 3 is 2.77 bits per heavy atom. The molecule has 1 aliphatic heterocycles. The van der Waals surface area contributed by atoms with E-state index in [9.17, 15) is 0 Å². The molecule has 0 spiro atoms. The van der Waals surface area contributed by atoms with E-state index in [0.717, 1.165) is 49.2 Å². The van der Waals surface area contributed by atoms with Gasteiger partial charge in [0.2, 0.25) is 5.88 Å². The molecule has 3 fully saturated rings. The number of hydrogen-bond acceptors (Lipinski definition) is 4. The molecule has 2 aliphatic carbocycles. The van der Waals surface area contributed by atoms with Gasteiger partial charge >= 0.3 is 0 Å². The molecule has 3 aliphatic rings. The minimum Gasteiger partial charge on any atom is -0.474 e. The molecule has 0 amide bonds. The predicted octanol–water partition coefficient (Wildman–Crippen LogP) is 4.14. The normalized spacial score (nSPS) is 32.4. The Labute approximate surface area is 198 Å². The summed E-state index contributed by atoms with van der Waals surface area (Å²) in [7, 11) is 1.83. The minimum absolute atomic E-state index is 0. The summed E-state index contributed by atoms with van der Waals surface area (Å²) in [5.41, 5.74) is 1.28. The van der Waals surface area contributed by atoms with Crippen molar-refractivity contribution >= 4 is 29.9 Å². The Hall–Kier alpha value is -1.09. The number of halogens is 1. The van der Waals surface area contributed by atoms with Crippen molar-refractivity contribution in [1.82, 2.24) is 15.6 Å². The lowest BCUT2D eigenvalue weighted by Gasteiger charge is -2.54. The Morgan fingerprint density at radius 2 is 2.03 bits per heavy atom. The van der Waals surface area contributed by atoms with E-state index in [-0.39, 0.29) is 29.4 Å². The zero-order valence-corrected chi connectivity index (χ0v) is 21.0. The highest BCUT2D eigenvalue weighted by atomic mass is 127. The summed E-state index contributed by atoms with van der Waals surface area (Å²) in [6.45, 7) is 8.46. The molecule has 2 heterocycles. The topological polar surface area (TPSA) is 67.8 Å². The zero-order valence-electron chi connectivity index (χ0n) is 18.7. The first-order valence-corrected chi connectivity index (χ1v) is 11.2. The largest absolute Gasteiger partial charge is 0.474 e. The van der Waals surface area contributed by atoms with Gasteiger partial charge in [0.25, 0.3) is 0 Å². The molecule has 30 heavy (non-hydrogen) atoms. The number of hydrogen-bond donors (Lipinski definition) is 2. The quantitative estimate of drug-likeness (QED) is 0.342. The van der Waals surface area contributed by atoms with Crippen molar-refractivity contribution in [2.45, 2.75) is 77.7 Å². The van der Waals surface area contributed by atoms with Crippen molar-refractivity contribution in [2.24, 2.45) is 22.2 Å². The van der Waals surface area contributed by atoms with Crippen LogP contribution in [0.2, 0.25) is 0 Å². The third-order valence-electron chi connectivity index (χ3n) is 7.13. The van der Waals surface area contributed by atoms with Crippen LogP contribution in [0.5, 0.6) is 5.88 Å². The first-order valence-electron chi connectivity index (χ1n) is 11.2. The SMILES string of the molecule is CN=C(NCc1ccnc(OC2CCC(C)CC2)c1)NC1C2CCOC2C1(C)C.I. The van der Waals surface area contributed by atoms with Crippen molar-refractivity contribution < 1.29 is 9.47 Å². The standard InChI is InChI=1S/C23H36N4O2.HI/c1-15-5-7-17(8-6-15)29-19-13-16(9-11-25-19)14-26-22(24-4)27-20-18-10-12-28-21(18)23(20,2)3;/h9,11,13,15,17-18,20-21H,5-8,10,12,14H2,1-4H3,(H2,24,26,27);1H. The first kappa shape index (κ1) is 23.6. The number of nitrogens with zero attached hydrogens (tertiary/aromatic N) is 2. The van der Waals surface area contributed by atoms with E-state index in [0.29, 0.717) is 30.7 Å². The highest BCUT2D eigenvalue weighted by Crippen LogP contribution is 2.52. The van der Waals surface area contributed by atoms with Crippen LogP contribution in [0.4, 0.5) is 0 Å². The molecular weight excluding hydrogens is 491 g/mol. The average molecular weight is 528 g/mol. The van der Waals surface area contributed by atoms with Crippen molar-refractivity contribution in [2.75, 3.05) is 13.7 Å². The van der Waals surface area contributed by atoms with Gasteiger partial charge in [-0.2, -0.15) is 0 Å². The van der Waals surface area contributed by atoms with Crippen molar-refractivity contribution in [1.29, 1.82) is 0 Å². The van der Waals surface area contributed by atoms with Crippen LogP contribution >= 0.6 is 24.0 Å². The molecule has 7 heteroatoms. The van der Waals surface area contributed by atoms with Crippen LogP contribution in [0.25, 0.3) is 0 Å². The molecule has 4 rings (SSSR count). The fourth-order valence-electron chi connectivity index (χ4n) is 5.29. The van der Waals surface area contributed by atoms with E-state index in [1.165, 1.54) is 12.8 Å². The maximum Gasteiger partial charge on any atom is 0.213 e.